The van der Waals surface area contributed by atoms with E-state index >= 15 is 0 Å². The molecule has 0 aromatic carbocycles. The number of carbonyl (C=O) groups is 1. The Morgan fingerprint density at radius 2 is 1.75 bits per heavy atom. The molecule has 1 atom stereocenters. The largest absolute Gasteiger partial charge is 0.444 e. The molecule has 1 unspecified atom stereocenters. The van der Waals surface area contributed by atoms with Crippen molar-refractivity contribution in [2.45, 2.75) is 45.6 Å². The molecule has 0 radical (unpaired) electrons. The Hall–Kier alpha value is -0.820. The van der Waals surface area contributed by atoms with Gasteiger partial charge in [-0.3, -0.25) is 4.55 Å². The van der Waals surface area contributed by atoms with Gasteiger partial charge in [-0.05, 0) is 26.7 Å². The molecule has 16 heavy (non-hydrogen) atoms. The van der Waals surface area contributed by atoms with Crippen LogP contribution in [0.3, 0.4) is 0 Å². The molecule has 1 amide bonds. The van der Waals surface area contributed by atoms with Gasteiger partial charge >= 0.3 is 6.09 Å². The summed E-state index contributed by atoms with van der Waals surface area (Å²) in [6.45, 7) is 8.10. The van der Waals surface area contributed by atoms with Crippen molar-refractivity contribution in [2.75, 3.05) is 0 Å². The zero-order valence-electron chi connectivity index (χ0n) is 10.1. The third-order valence-electron chi connectivity index (χ3n) is 1.59. The van der Waals surface area contributed by atoms with E-state index in [1.165, 1.54) is 0 Å². The summed E-state index contributed by atoms with van der Waals surface area (Å²) in [6, 6.07) is 0. The summed E-state index contributed by atoms with van der Waals surface area (Å²) in [5.74, 6) is -0.456. The molecule has 0 aliphatic carbocycles. The lowest BCUT2D eigenvalue weighted by Gasteiger charge is -2.23. The van der Waals surface area contributed by atoms with Crippen LogP contribution in [0.25, 0.3) is 0 Å². The second kappa shape index (κ2) is 5.01. The van der Waals surface area contributed by atoms with E-state index in [9.17, 15) is 13.2 Å². The normalized spacial score (nSPS) is 14.7. The molecule has 0 heterocycles. The first-order valence-electron chi connectivity index (χ1n) is 4.89. The molecule has 0 aromatic rings. The van der Waals surface area contributed by atoms with Crippen molar-refractivity contribution in [3.05, 3.63) is 0 Å². The summed E-state index contributed by atoms with van der Waals surface area (Å²) >= 11 is 0. The highest BCUT2D eigenvalue weighted by atomic mass is 32.2. The molecule has 6 nitrogen and oxygen atoms in total. The smallest absolute Gasteiger partial charge is 0.408 e. The molecule has 7 heteroatoms. The minimum absolute atomic E-state index is 0.456. The average Bonchev–Trinajstić information content (AvgIpc) is 1.93. The van der Waals surface area contributed by atoms with Gasteiger partial charge in [-0.2, -0.15) is 8.42 Å². The number of hydrogen-bond acceptors (Lipinski definition) is 4. The van der Waals surface area contributed by atoms with Crippen molar-refractivity contribution < 1.29 is 22.5 Å². The Morgan fingerprint density at radius 1 is 1.31 bits per heavy atom. The zero-order valence-corrected chi connectivity index (χ0v) is 11.0. The van der Waals surface area contributed by atoms with Crippen molar-refractivity contribution in [1.82, 2.24) is 5.32 Å². The molecule has 0 saturated carbocycles. The highest BCUT2D eigenvalue weighted by Gasteiger charge is 2.30. The third-order valence-corrected chi connectivity index (χ3v) is 2.89. The summed E-state index contributed by atoms with van der Waals surface area (Å²) in [5.41, 5.74) is -0.717. The lowest BCUT2D eigenvalue weighted by atomic mass is 10.2. The number of carbonyl (C=O) groups excluding carboxylic acids is 1. The molecule has 96 valence electrons. The molecule has 2 N–H and O–H groups in total. The maximum Gasteiger partial charge on any atom is 0.408 e. The fourth-order valence-corrected chi connectivity index (χ4v) is 1.94. The van der Waals surface area contributed by atoms with Crippen LogP contribution >= 0.6 is 0 Å². The van der Waals surface area contributed by atoms with Crippen molar-refractivity contribution in [3.63, 3.8) is 0 Å². The highest BCUT2D eigenvalue weighted by molar-refractivity contribution is 7.86. The van der Waals surface area contributed by atoms with Crippen LogP contribution in [0.4, 0.5) is 4.79 Å². The lowest BCUT2D eigenvalue weighted by molar-refractivity contribution is 0.0508. The number of nitrogens with one attached hydrogen (secondary N) is 1. The number of alkyl carbamates (subject to hydrolysis) is 1. The first-order valence-corrected chi connectivity index (χ1v) is 6.39. The van der Waals surface area contributed by atoms with Crippen molar-refractivity contribution in [1.29, 1.82) is 0 Å². The standard InChI is InChI=1S/C9H19NO5S/c1-6(2)7(16(12,13)14)10-8(11)15-9(3,4)5/h6-7H,1-5H3,(H,10,11)(H,12,13,14). The summed E-state index contributed by atoms with van der Waals surface area (Å²) in [7, 11) is -4.33. The fraction of sp³-hybridized carbons (Fsp3) is 0.889. The van der Waals surface area contributed by atoms with Crippen LogP contribution in [0.5, 0.6) is 0 Å². The quantitative estimate of drug-likeness (QED) is 0.741. The van der Waals surface area contributed by atoms with Gasteiger partial charge in [-0.25, -0.2) is 4.79 Å². The first kappa shape index (κ1) is 15.2. The third kappa shape index (κ3) is 5.92. The topological polar surface area (TPSA) is 92.7 Å². The second-order valence-corrected chi connectivity index (χ2v) is 6.36. The van der Waals surface area contributed by atoms with Crippen molar-refractivity contribution >= 4 is 16.2 Å². The average molecular weight is 253 g/mol. The van der Waals surface area contributed by atoms with Gasteiger partial charge in [0, 0.05) is 0 Å². The molecule has 0 saturated heterocycles. The van der Waals surface area contributed by atoms with Crippen LogP contribution in [0.1, 0.15) is 34.6 Å². The summed E-state index contributed by atoms with van der Waals surface area (Å²) in [5, 5.41) is 0.755. The van der Waals surface area contributed by atoms with Gasteiger partial charge in [0.25, 0.3) is 10.1 Å². The van der Waals surface area contributed by atoms with E-state index in [0.717, 1.165) is 0 Å². The maximum atomic E-state index is 11.3. The van der Waals surface area contributed by atoms with Gasteiger partial charge in [0.2, 0.25) is 0 Å². The van der Waals surface area contributed by atoms with E-state index in [4.69, 9.17) is 9.29 Å². The summed E-state index contributed by atoms with van der Waals surface area (Å²) < 4.78 is 35.7. The summed E-state index contributed by atoms with van der Waals surface area (Å²) in [6.07, 6.45) is -0.871. The zero-order chi connectivity index (χ0) is 13.1. The Bertz CT molecular complexity index is 341. The summed E-state index contributed by atoms with van der Waals surface area (Å²) in [4.78, 5) is 11.3. The van der Waals surface area contributed by atoms with Crippen LogP contribution in [0.15, 0.2) is 0 Å². The molecule has 0 aromatic heterocycles. The molecule has 0 aliphatic rings. The van der Waals surface area contributed by atoms with Crippen LogP contribution in [-0.2, 0) is 14.9 Å². The molecular weight excluding hydrogens is 234 g/mol. The number of ether oxygens (including phenoxy) is 1. The predicted molar refractivity (Wildman–Crippen MR) is 59.5 cm³/mol. The van der Waals surface area contributed by atoms with Crippen molar-refractivity contribution in [2.24, 2.45) is 5.92 Å². The van der Waals surface area contributed by atoms with E-state index < -0.39 is 33.1 Å². The second-order valence-electron chi connectivity index (χ2n) is 4.83. The van der Waals surface area contributed by atoms with Gasteiger partial charge in [0.1, 0.15) is 5.60 Å². The van der Waals surface area contributed by atoms with E-state index in [-0.39, 0.29) is 0 Å². The Morgan fingerprint density at radius 3 is 2.00 bits per heavy atom. The van der Waals surface area contributed by atoms with E-state index in [1.54, 1.807) is 34.6 Å². The van der Waals surface area contributed by atoms with Crippen molar-refractivity contribution in [3.8, 4) is 0 Å². The Balaban J connectivity index is 4.62. The van der Waals surface area contributed by atoms with E-state index in [2.05, 4.69) is 5.32 Å². The predicted octanol–water partition coefficient (Wildman–Crippen LogP) is 1.38. The lowest BCUT2D eigenvalue weighted by Crippen LogP contribution is -2.46. The minimum atomic E-state index is -4.33. The van der Waals surface area contributed by atoms with Crippen LogP contribution in [0.2, 0.25) is 0 Å². The number of hydrogen-bond donors (Lipinski definition) is 2. The van der Waals surface area contributed by atoms with Gasteiger partial charge in [-0.15, -0.1) is 0 Å². The minimum Gasteiger partial charge on any atom is -0.444 e. The van der Waals surface area contributed by atoms with Gasteiger partial charge in [0.15, 0.2) is 5.37 Å². The first-order chi connectivity index (χ1) is 6.93. The molecular formula is C9H19NO5S. The fourth-order valence-electron chi connectivity index (χ4n) is 1.01. The SMILES string of the molecule is CC(C)C(NC(=O)OC(C)(C)C)S(=O)(=O)O. The van der Waals surface area contributed by atoms with E-state index in [1.807, 2.05) is 0 Å². The molecule has 0 spiro atoms. The molecule has 0 aliphatic heterocycles. The molecule has 0 fully saturated rings. The monoisotopic (exact) mass is 253 g/mol. The Kier molecular flexibility index (Phi) is 4.75. The number of rotatable bonds is 3. The van der Waals surface area contributed by atoms with Crippen LogP contribution in [-0.4, -0.2) is 30.0 Å². The maximum absolute atomic E-state index is 11.3. The van der Waals surface area contributed by atoms with Gasteiger partial charge < -0.3 is 10.1 Å². The highest BCUT2D eigenvalue weighted by Crippen LogP contribution is 2.11. The molecule has 0 bridgehead atoms. The van der Waals surface area contributed by atoms with Crippen LogP contribution in [0, 0.1) is 5.92 Å². The van der Waals surface area contributed by atoms with Gasteiger partial charge in [0.05, 0.1) is 0 Å². The van der Waals surface area contributed by atoms with E-state index in [0.29, 0.717) is 0 Å². The van der Waals surface area contributed by atoms with Gasteiger partial charge in [-0.1, -0.05) is 13.8 Å². The molecule has 0 rings (SSSR count). The van der Waals surface area contributed by atoms with Crippen LogP contribution < -0.4 is 5.32 Å². The number of amides is 1. The Labute approximate surface area is 96.1 Å².